The summed E-state index contributed by atoms with van der Waals surface area (Å²) in [6.45, 7) is 4.61. The van der Waals surface area contributed by atoms with E-state index >= 15 is 0 Å². The fraction of sp³-hybridized carbons (Fsp3) is 0.500. The lowest BCUT2D eigenvalue weighted by Gasteiger charge is -2.37. The van der Waals surface area contributed by atoms with Crippen LogP contribution in [0, 0.1) is 6.92 Å². The van der Waals surface area contributed by atoms with Crippen molar-refractivity contribution >= 4 is 17.2 Å². The van der Waals surface area contributed by atoms with Gasteiger partial charge in [0.2, 0.25) is 0 Å². The van der Waals surface area contributed by atoms with Crippen LogP contribution in [0.5, 0.6) is 0 Å². The Hall–Kier alpha value is -1.76. The van der Waals surface area contributed by atoms with Crippen LogP contribution in [0.4, 0.5) is 0 Å². The maximum Gasteiger partial charge on any atom is 0.265 e. The van der Waals surface area contributed by atoms with Crippen LogP contribution in [-0.4, -0.2) is 47.9 Å². The number of benzene rings is 1. The number of aryl methyl sites for hydroxylation is 3. The average Bonchev–Trinajstić information content (AvgIpc) is 3.28. The van der Waals surface area contributed by atoms with E-state index in [-0.39, 0.29) is 5.91 Å². The minimum Gasteiger partial charge on any atom is -0.347 e. The van der Waals surface area contributed by atoms with E-state index in [1.807, 2.05) is 17.9 Å². The van der Waals surface area contributed by atoms with Gasteiger partial charge < -0.3 is 14.4 Å². The highest BCUT2D eigenvalue weighted by atomic mass is 32.1. The first kappa shape index (κ1) is 17.6. The topological polar surface area (TPSA) is 51.7 Å². The third kappa shape index (κ3) is 3.68. The van der Waals surface area contributed by atoms with Gasteiger partial charge in [-0.15, -0.1) is 11.3 Å². The quantitative estimate of drug-likeness (QED) is 0.827. The first-order chi connectivity index (χ1) is 12.7. The Morgan fingerprint density at radius 2 is 1.85 bits per heavy atom. The molecule has 0 atom stereocenters. The van der Waals surface area contributed by atoms with Gasteiger partial charge in [-0.2, -0.15) is 0 Å². The van der Waals surface area contributed by atoms with E-state index in [4.69, 9.17) is 9.47 Å². The van der Waals surface area contributed by atoms with Crippen LogP contribution in [0.2, 0.25) is 0 Å². The van der Waals surface area contributed by atoms with Gasteiger partial charge in [0.05, 0.1) is 23.9 Å². The van der Waals surface area contributed by atoms with Crippen molar-refractivity contribution in [1.29, 1.82) is 0 Å². The number of rotatable bonds is 4. The van der Waals surface area contributed by atoms with Gasteiger partial charge in [0, 0.05) is 32.4 Å². The summed E-state index contributed by atoms with van der Waals surface area (Å²) in [4.78, 5) is 20.3. The van der Waals surface area contributed by atoms with Crippen LogP contribution in [-0.2, 0) is 22.3 Å². The molecule has 1 aromatic heterocycles. The van der Waals surface area contributed by atoms with E-state index in [0.717, 1.165) is 41.3 Å². The van der Waals surface area contributed by atoms with Crippen molar-refractivity contribution in [2.75, 3.05) is 26.3 Å². The van der Waals surface area contributed by atoms with Gasteiger partial charge in [0.15, 0.2) is 5.79 Å². The number of hydrogen-bond acceptors (Lipinski definition) is 5. The largest absolute Gasteiger partial charge is 0.347 e. The molecule has 0 saturated carbocycles. The van der Waals surface area contributed by atoms with E-state index in [1.54, 1.807) is 0 Å². The fourth-order valence-electron chi connectivity index (χ4n) is 3.63. The summed E-state index contributed by atoms with van der Waals surface area (Å²) < 4.78 is 11.5. The maximum absolute atomic E-state index is 12.9. The molecule has 1 aromatic carbocycles. The van der Waals surface area contributed by atoms with E-state index in [0.29, 0.717) is 26.3 Å². The number of piperidine rings is 1. The molecule has 2 aliphatic rings. The van der Waals surface area contributed by atoms with Crippen molar-refractivity contribution in [2.45, 2.75) is 38.4 Å². The van der Waals surface area contributed by atoms with Gasteiger partial charge in [-0.1, -0.05) is 30.3 Å². The van der Waals surface area contributed by atoms with Crippen LogP contribution in [0.15, 0.2) is 30.3 Å². The molecule has 0 aliphatic carbocycles. The first-order valence-electron chi connectivity index (χ1n) is 9.23. The van der Waals surface area contributed by atoms with Crippen molar-refractivity contribution in [3.05, 3.63) is 51.5 Å². The molecular weight excluding hydrogens is 348 g/mol. The summed E-state index contributed by atoms with van der Waals surface area (Å²) in [5.41, 5.74) is 2.14. The van der Waals surface area contributed by atoms with Crippen LogP contribution in [0.1, 0.15) is 38.8 Å². The van der Waals surface area contributed by atoms with Gasteiger partial charge in [0.25, 0.3) is 5.91 Å². The Morgan fingerprint density at radius 1 is 1.15 bits per heavy atom. The zero-order valence-electron chi connectivity index (χ0n) is 15.1. The van der Waals surface area contributed by atoms with E-state index in [2.05, 4.69) is 29.2 Å². The molecule has 2 saturated heterocycles. The van der Waals surface area contributed by atoms with Crippen molar-refractivity contribution < 1.29 is 14.3 Å². The standard InChI is InChI=1S/C20H24N2O3S/c1-15-18(26-17(21-15)8-7-16-5-3-2-4-6-16)19(23)22-11-9-20(10-12-22)24-13-14-25-20/h2-6H,7-14H2,1H3. The second kappa shape index (κ2) is 7.47. The Morgan fingerprint density at radius 3 is 2.54 bits per heavy atom. The molecule has 5 nitrogen and oxygen atoms in total. The van der Waals surface area contributed by atoms with Crippen LogP contribution >= 0.6 is 11.3 Å². The number of thiazole rings is 1. The zero-order chi connectivity index (χ0) is 18.0. The number of aromatic nitrogens is 1. The number of hydrogen-bond donors (Lipinski definition) is 0. The van der Waals surface area contributed by atoms with Gasteiger partial charge in [-0.3, -0.25) is 4.79 Å². The highest BCUT2D eigenvalue weighted by Crippen LogP contribution is 2.32. The second-order valence-electron chi connectivity index (χ2n) is 6.91. The van der Waals surface area contributed by atoms with E-state index < -0.39 is 5.79 Å². The molecule has 6 heteroatoms. The third-order valence-corrected chi connectivity index (χ3v) is 6.34. The van der Waals surface area contributed by atoms with Crippen molar-refractivity contribution in [3.63, 3.8) is 0 Å². The molecule has 2 fully saturated rings. The molecule has 0 N–H and O–H groups in total. The Kier molecular flexibility index (Phi) is 5.07. The lowest BCUT2D eigenvalue weighted by molar-refractivity contribution is -0.181. The van der Waals surface area contributed by atoms with Gasteiger partial charge in [0.1, 0.15) is 4.88 Å². The highest BCUT2D eigenvalue weighted by Gasteiger charge is 2.41. The molecule has 138 valence electrons. The summed E-state index contributed by atoms with van der Waals surface area (Å²) in [5.74, 6) is -0.348. The van der Waals surface area contributed by atoms with Crippen LogP contribution in [0.3, 0.4) is 0 Å². The van der Waals surface area contributed by atoms with Crippen molar-refractivity contribution in [1.82, 2.24) is 9.88 Å². The molecule has 1 spiro atoms. The summed E-state index contributed by atoms with van der Waals surface area (Å²) in [6.07, 6.45) is 3.31. The first-order valence-corrected chi connectivity index (χ1v) is 10.0. The summed E-state index contributed by atoms with van der Waals surface area (Å²) in [7, 11) is 0. The number of carbonyl (C=O) groups excluding carboxylic acids is 1. The monoisotopic (exact) mass is 372 g/mol. The minimum atomic E-state index is -0.444. The highest BCUT2D eigenvalue weighted by molar-refractivity contribution is 7.13. The van der Waals surface area contributed by atoms with E-state index in [9.17, 15) is 4.79 Å². The SMILES string of the molecule is Cc1nc(CCc2ccccc2)sc1C(=O)N1CCC2(CC1)OCCO2. The fourth-order valence-corrected chi connectivity index (χ4v) is 4.67. The van der Waals surface area contributed by atoms with Gasteiger partial charge in [-0.25, -0.2) is 4.98 Å². The lowest BCUT2D eigenvalue weighted by Crippen LogP contribution is -2.47. The number of nitrogens with zero attached hydrogens (tertiary/aromatic N) is 2. The van der Waals surface area contributed by atoms with Crippen molar-refractivity contribution in [2.24, 2.45) is 0 Å². The maximum atomic E-state index is 12.9. The Balaban J connectivity index is 1.38. The number of carbonyl (C=O) groups is 1. The molecule has 0 unspecified atom stereocenters. The van der Waals surface area contributed by atoms with Crippen LogP contribution < -0.4 is 0 Å². The molecule has 2 aliphatic heterocycles. The predicted octanol–water partition coefficient (Wildman–Crippen LogP) is 3.22. The number of likely N-dealkylation sites (tertiary alicyclic amines) is 1. The smallest absolute Gasteiger partial charge is 0.265 e. The van der Waals surface area contributed by atoms with Crippen molar-refractivity contribution in [3.8, 4) is 0 Å². The molecule has 1 amide bonds. The average molecular weight is 372 g/mol. The van der Waals surface area contributed by atoms with Gasteiger partial charge >= 0.3 is 0 Å². The molecule has 3 heterocycles. The van der Waals surface area contributed by atoms with E-state index in [1.165, 1.54) is 16.9 Å². The molecule has 26 heavy (non-hydrogen) atoms. The number of amides is 1. The molecule has 0 bridgehead atoms. The Bertz CT molecular complexity index is 759. The minimum absolute atomic E-state index is 0.0961. The predicted molar refractivity (Wildman–Crippen MR) is 100 cm³/mol. The Labute approximate surface area is 157 Å². The summed E-state index contributed by atoms with van der Waals surface area (Å²) in [6, 6.07) is 10.4. The molecule has 4 rings (SSSR count). The summed E-state index contributed by atoms with van der Waals surface area (Å²) >= 11 is 1.54. The molecule has 2 aromatic rings. The van der Waals surface area contributed by atoms with Crippen LogP contribution in [0.25, 0.3) is 0 Å². The lowest BCUT2D eigenvalue weighted by atomic mass is 10.0. The molecule has 0 radical (unpaired) electrons. The molecular formula is C20H24N2O3S. The second-order valence-corrected chi connectivity index (χ2v) is 7.99. The normalized spacial score (nSPS) is 19.2. The third-order valence-electron chi connectivity index (χ3n) is 5.13. The zero-order valence-corrected chi connectivity index (χ0v) is 15.9. The van der Waals surface area contributed by atoms with Gasteiger partial charge in [-0.05, 0) is 18.9 Å². The summed E-state index contributed by atoms with van der Waals surface area (Å²) in [5, 5.41) is 1.03. The number of ether oxygens (including phenoxy) is 2.